The summed E-state index contributed by atoms with van der Waals surface area (Å²) < 4.78 is 12.0. The van der Waals surface area contributed by atoms with Crippen LogP contribution in [0.4, 0.5) is 5.69 Å². The lowest BCUT2D eigenvalue weighted by Crippen LogP contribution is -2.13. The van der Waals surface area contributed by atoms with Crippen LogP contribution < -0.4 is 10.1 Å². The highest BCUT2D eigenvalue weighted by Crippen LogP contribution is 2.28. The molecule has 0 fully saturated rings. The third-order valence-corrected chi connectivity index (χ3v) is 5.46. The van der Waals surface area contributed by atoms with Crippen molar-refractivity contribution in [1.29, 1.82) is 0 Å². The predicted octanol–water partition coefficient (Wildman–Crippen LogP) is 5.39. The van der Waals surface area contributed by atoms with Gasteiger partial charge in [-0.15, -0.1) is 11.3 Å². The zero-order valence-corrected chi connectivity index (χ0v) is 16.9. The molecule has 0 saturated heterocycles. The van der Waals surface area contributed by atoms with Crippen molar-refractivity contribution in [1.82, 2.24) is 10.1 Å². The van der Waals surface area contributed by atoms with E-state index in [-0.39, 0.29) is 12.5 Å². The standard InChI is InChI=1S/C20H14BrN3O3S/c21-13-10-17(28-12-13)19-23-18(27-24-19)11-26-16-9-5-4-8-15(16)20(25)22-14-6-2-1-3-7-14/h1-10,12H,11H2,(H,22,25). The third-order valence-electron chi connectivity index (χ3n) is 3.77. The van der Waals surface area contributed by atoms with Gasteiger partial charge in [0, 0.05) is 15.5 Å². The number of halogens is 1. The molecular formula is C20H14BrN3O3S. The van der Waals surface area contributed by atoms with Gasteiger partial charge in [-0.05, 0) is 46.3 Å². The summed E-state index contributed by atoms with van der Waals surface area (Å²) in [5.74, 6) is 1.02. The van der Waals surface area contributed by atoms with E-state index in [1.54, 1.807) is 24.3 Å². The van der Waals surface area contributed by atoms with Crippen molar-refractivity contribution >= 4 is 38.9 Å². The molecule has 8 heteroatoms. The van der Waals surface area contributed by atoms with E-state index < -0.39 is 0 Å². The Kier molecular flexibility index (Phi) is 5.50. The molecule has 0 spiro atoms. The van der Waals surface area contributed by atoms with Gasteiger partial charge < -0.3 is 14.6 Å². The van der Waals surface area contributed by atoms with Crippen LogP contribution in [0.3, 0.4) is 0 Å². The van der Waals surface area contributed by atoms with Gasteiger partial charge in [0.1, 0.15) is 5.75 Å². The molecule has 2 aromatic heterocycles. The van der Waals surface area contributed by atoms with Crippen LogP contribution in [-0.2, 0) is 6.61 Å². The number of hydrogen-bond acceptors (Lipinski definition) is 6. The van der Waals surface area contributed by atoms with Crippen molar-refractivity contribution in [2.75, 3.05) is 5.32 Å². The number of benzene rings is 2. The van der Waals surface area contributed by atoms with E-state index in [0.29, 0.717) is 28.7 Å². The van der Waals surface area contributed by atoms with Crippen LogP contribution in [0.25, 0.3) is 10.7 Å². The summed E-state index contributed by atoms with van der Waals surface area (Å²) in [6.45, 7) is 0.0647. The fraction of sp³-hybridized carbons (Fsp3) is 0.0500. The Morgan fingerprint density at radius 1 is 1.14 bits per heavy atom. The van der Waals surface area contributed by atoms with Gasteiger partial charge in [-0.3, -0.25) is 4.79 Å². The second kappa shape index (κ2) is 8.37. The minimum Gasteiger partial charge on any atom is -0.483 e. The molecular weight excluding hydrogens is 442 g/mol. The van der Waals surface area contributed by atoms with E-state index in [0.717, 1.165) is 9.35 Å². The molecule has 0 aliphatic carbocycles. The highest BCUT2D eigenvalue weighted by atomic mass is 79.9. The maximum absolute atomic E-state index is 12.6. The minimum atomic E-state index is -0.253. The number of thiophene rings is 1. The lowest BCUT2D eigenvalue weighted by molar-refractivity contribution is 0.102. The summed E-state index contributed by atoms with van der Waals surface area (Å²) >= 11 is 4.92. The molecule has 0 aliphatic heterocycles. The Bertz CT molecular complexity index is 1090. The molecule has 1 N–H and O–H groups in total. The minimum absolute atomic E-state index is 0.0647. The molecule has 0 saturated carbocycles. The quantitative estimate of drug-likeness (QED) is 0.421. The van der Waals surface area contributed by atoms with Crippen molar-refractivity contribution < 1.29 is 14.1 Å². The highest BCUT2D eigenvalue weighted by Gasteiger charge is 2.15. The first kappa shape index (κ1) is 18.4. The van der Waals surface area contributed by atoms with Gasteiger partial charge in [-0.1, -0.05) is 35.5 Å². The number of amides is 1. The largest absolute Gasteiger partial charge is 0.483 e. The van der Waals surface area contributed by atoms with Crippen molar-refractivity contribution in [3.05, 3.63) is 82.0 Å². The summed E-state index contributed by atoms with van der Waals surface area (Å²) in [6.07, 6.45) is 0. The van der Waals surface area contributed by atoms with E-state index in [1.165, 1.54) is 11.3 Å². The maximum atomic E-state index is 12.6. The van der Waals surface area contributed by atoms with Crippen LogP contribution in [0.1, 0.15) is 16.2 Å². The second-order valence-corrected chi connectivity index (χ2v) is 7.57. The average Bonchev–Trinajstić information content (AvgIpc) is 3.36. The van der Waals surface area contributed by atoms with Crippen LogP contribution >= 0.6 is 27.3 Å². The molecule has 2 aromatic carbocycles. The van der Waals surface area contributed by atoms with Crippen LogP contribution in [-0.4, -0.2) is 16.0 Å². The Morgan fingerprint density at radius 3 is 2.71 bits per heavy atom. The third kappa shape index (κ3) is 4.29. The van der Waals surface area contributed by atoms with E-state index in [1.807, 2.05) is 41.8 Å². The summed E-state index contributed by atoms with van der Waals surface area (Å²) in [5.41, 5.74) is 1.14. The Hall–Kier alpha value is -2.97. The number of carbonyl (C=O) groups excluding carboxylic acids is 1. The number of aromatic nitrogens is 2. The van der Waals surface area contributed by atoms with Crippen LogP contribution in [0.5, 0.6) is 5.75 Å². The Balaban J connectivity index is 1.46. The average molecular weight is 456 g/mol. The smallest absolute Gasteiger partial charge is 0.264 e. The molecule has 0 aliphatic rings. The summed E-state index contributed by atoms with van der Waals surface area (Å²) in [4.78, 5) is 17.8. The summed E-state index contributed by atoms with van der Waals surface area (Å²) in [5, 5.41) is 8.77. The van der Waals surface area contributed by atoms with Gasteiger partial charge >= 0.3 is 0 Å². The summed E-state index contributed by atoms with van der Waals surface area (Å²) in [6, 6.07) is 18.2. The first-order chi connectivity index (χ1) is 13.7. The zero-order chi connectivity index (χ0) is 19.3. The lowest BCUT2D eigenvalue weighted by Gasteiger charge is -2.10. The molecule has 0 unspecified atom stereocenters. The fourth-order valence-corrected chi connectivity index (χ4v) is 3.84. The number of rotatable bonds is 6. The van der Waals surface area contributed by atoms with Gasteiger partial charge in [0.15, 0.2) is 6.61 Å². The summed E-state index contributed by atoms with van der Waals surface area (Å²) in [7, 11) is 0. The molecule has 4 rings (SSSR count). The molecule has 2 heterocycles. The van der Waals surface area contributed by atoms with Gasteiger partial charge in [0.05, 0.1) is 10.4 Å². The van der Waals surface area contributed by atoms with Crippen LogP contribution in [0, 0.1) is 0 Å². The first-order valence-electron chi connectivity index (χ1n) is 8.34. The normalized spacial score (nSPS) is 10.6. The zero-order valence-electron chi connectivity index (χ0n) is 14.5. The van der Waals surface area contributed by atoms with Crippen LogP contribution in [0.2, 0.25) is 0 Å². The van der Waals surface area contributed by atoms with Crippen molar-refractivity contribution in [3.63, 3.8) is 0 Å². The molecule has 0 bridgehead atoms. The topological polar surface area (TPSA) is 77.2 Å². The first-order valence-corrected chi connectivity index (χ1v) is 10.0. The number of para-hydroxylation sites is 2. The van der Waals surface area contributed by atoms with Gasteiger partial charge in [-0.2, -0.15) is 4.98 Å². The van der Waals surface area contributed by atoms with Crippen LogP contribution in [0.15, 0.2) is 75.0 Å². The molecule has 6 nitrogen and oxygen atoms in total. The predicted molar refractivity (Wildman–Crippen MR) is 110 cm³/mol. The molecule has 28 heavy (non-hydrogen) atoms. The lowest BCUT2D eigenvalue weighted by atomic mass is 10.2. The number of anilines is 1. The number of carbonyl (C=O) groups is 1. The second-order valence-electron chi connectivity index (χ2n) is 5.75. The monoisotopic (exact) mass is 455 g/mol. The molecule has 0 radical (unpaired) electrons. The highest BCUT2D eigenvalue weighted by molar-refractivity contribution is 9.10. The number of nitrogens with one attached hydrogen (secondary N) is 1. The van der Waals surface area contributed by atoms with Gasteiger partial charge in [0.25, 0.3) is 11.8 Å². The molecule has 0 atom stereocenters. The molecule has 140 valence electrons. The van der Waals surface area contributed by atoms with Crippen molar-refractivity contribution in [3.8, 4) is 16.5 Å². The van der Waals surface area contributed by atoms with E-state index in [9.17, 15) is 4.79 Å². The van der Waals surface area contributed by atoms with Gasteiger partial charge in [-0.25, -0.2) is 0 Å². The number of nitrogens with zero attached hydrogens (tertiary/aromatic N) is 2. The fourth-order valence-electron chi connectivity index (χ4n) is 2.48. The number of hydrogen-bond donors (Lipinski definition) is 1. The SMILES string of the molecule is O=C(Nc1ccccc1)c1ccccc1OCc1nc(-c2cc(Br)cs2)no1. The van der Waals surface area contributed by atoms with E-state index >= 15 is 0 Å². The Morgan fingerprint density at radius 2 is 1.93 bits per heavy atom. The Labute approximate surface area is 173 Å². The number of ether oxygens (including phenoxy) is 1. The van der Waals surface area contributed by atoms with E-state index in [4.69, 9.17) is 9.26 Å². The molecule has 1 amide bonds. The van der Waals surface area contributed by atoms with Gasteiger partial charge in [0.2, 0.25) is 5.82 Å². The maximum Gasteiger partial charge on any atom is 0.264 e. The van der Waals surface area contributed by atoms with Crippen molar-refractivity contribution in [2.45, 2.75) is 6.61 Å². The van der Waals surface area contributed by atoms with E-state index in [2.05, 4.69) is 31.4 Å². The molecule has 4 aromatic rings. The van der Waals surface area contributed by atoms with Crippen molar-refractivity contribution in [2.24, 2.45) is 0 Å².